The van der Waals surface area contributed by atoms with Crippen molar-refractivity contribution in [1.82, 2.24) is 0 Å². The molecule has 172 valence electrons. The van der Waals surface area contributed by atoms with Crippen LogP contribution < -0.4 is 5.73 Å². The Bertz CT molecular complexity index is 895. The lowest BCUT2D eigenvalue weighted by molar-refractivity contribution is 0.537. The van der Waals surface area contributed by atoms with E-state index in [1.165, 1.54) is 37.4 Å². The van der Waals surface area contributed by atoms with Gasteiger partial charge in [0.2, 0.25) is 0 Å². The van der Waals surface area contributed by atoms with Gasteiger partial charge in [-0.25, -0.2) is 0 Å². The normalized spacial score (nSPS) is 14.7. The fourth-order valence-corrected chi connectivity index (χ4v) is 3.39. The van der Waals surface area contributed by atoms with Crippen LogP contribution >= 0.6 is 0 Å². The maximum absolute atomic E-state index is 5.38. The molecule has 32 heavy (non-hydrogen) atoms. The molecule has 0 spiro atoms. The topological polar surface area (TPSA) is 50.7 Å². The second-order valence-electron chi connectivity index (χ2n) is 8.30. The lowest BCUT2D eigenvalue weighted by Crippen LogP contribution is -2.03. The first-order chi connectivity index (χ1) is 15.4. The summed E-state index contributed by atoms with van der Waals surface area (Å²) in [7, 11) is 0. The first-order valence-corrected chi connectivity index (χ1v) is 11.7. The van der Waals surface area contributed by atoms with Gasteiger partial charge in [0.25, 0.3) is 0 Å². The summed E-state index contributed by atoms with van der Waals surface area (Å²) < 4.78 is 0. The van der Waals surface area contributed by atoms with Crippen LogP contribution in [0.2, 0.25) is 0 Å². The van der Waals surface area contributed by atoms with Crippen LogP contribution in [0.15, 0.2) is 88.8 Å². The highest BCUT2D eigenvalue weighted by molar-refractivity contribution is 6.29. The predicted octanol–water partition coefficient (Wildman–Crippen LogP) is 7.96. The summed E-state index contributed by atoms with van der Waals surface area (Å²) in [6, 6.07) is 8.40. The number of nitrogens with zero attached hydrogens (tertiary/aromatic N) is 2. The Labute approximate surface area is 196 Å². The van der Waals surface area contributed by atoms with Gasteiger partial charge >= 0.3 is 0 Å². The molecule has 1 atom stereocenters. The highest BCUT2D eigenvalue weighted by Crippen LogP contribution is 2.23. The zero-order valence-electron chi connectivity index (χ0n) is 20.6. The van der Waals surface area contributed by atoms with Crippen molar-refractivity contribution >= 4 is 17.5 Å². The maximum Gasteiger partial charge on any atom is 0.0555 e. The van der Waals surface area contributed by atoms with Crippen molar-refractivity contribution in [1.29, 1.82) is 0 Å². The quantitative estimate of drug-likeness (QED) is 0.192. The van der Waals surface area contributed by atoms with Crippen LogP contribution in [-0.2, 0) is 0 Å². The highest BCUT2D eigenvalue weighted by atomic mass is 14.8. The average Bonchev–Trinajstić information content (AvgIpc) is 2.78. The first-order valence-electron chi connectivity index (χ1n) is 11.7. The lowest BCUT2D eigenvalue weighted by Gasteiger charge is -2.14. The van der Waals surface area contributed by atoms with Gasteiger partial charge in [-0.2, -0.15) is 0 Å². The molecule has 1 rings (SSSR count). The molecular weight excluding hydrogens is 390 g/mol. The Morgan fingerprint density at radius 2 is 1.88 bits per heavy atom. The molecule has 0 aliphatic rings. The Hall–Kier alpha value is -2.94. The Kier molecular flexibility index (Phi) is 13.4. The molecular formula is C29H41N3. The van der Waals surface area contributed by atoms with Crippen molar-refractivity contribution in [2.24, 2.45) is 21.6 Å². The van der Waals surface area contributed by atoms with Crippen molar-refractivity contribution in [2.75, 3.05) is 0 Å². The van der Waals surface area contributed by atoms with Crippen molar-refractivity contribution < 1.29 is 0 Å². The minimum Gasteiger partial charge on any atom is -0.403 e. The van der Waals surface area contributed by atoms with E-state index < -0.39 is 0 Å². The molecule has 3 nitrogen and oxygen atoms in total. The number of benzene rings is 1. The lowest BCUT2D eigenvalue weighted by atomic mass is 9.96. The Morgan fingerprint density at radius 3 is 2.56 bits per heavy atom. The Balaban J connectivity index is 2.98. The predicted molar refractivity (Wildman–Crippen MR) is 144 cm³/mol. The fraction of sp³-hybridized carbons (Fsp3) is 0.379. The minimum absolute atomic E-state index is 0.386. The third-order valence-electron chi connectivity index (χ3n) is 5.26. The van der Waals surface area contributed by atoms with Crippen molar-refractivity contribution in [3.63, 3.8) is 0 Å². The maximum atomic E-state index is 5.38. The van der Waals surface area contributed by atoms with E-state index in [2.05, 4.69) is 75.7 Å². The Morgan fingerprint density at radius 1 is 1.12 bits per heavy atom. The molecule has 1 unspecified atom stereocenters. The van der Waals surface area contributed by atoms with Gasteiger partial charge in [-0.3, -0.25) is 9.98 Å². The molecule has 0 fully saturated rings. The second kappa shape index (κ2) is 15.8. The van der Waals surface area contributed by atoms with Gasteiger partial charge in [-0.1, -0.05) is 100 Å². The van der Waals surface area contributed by atoms with Gasteiger partial charge < -0.3 is 5.73 Å². The summed E-state index contributed by atoms with van der Waals surface area (Å²) in [5, 5.41) is 0. The minimum atomic E-state index is 0.386. The number of nitrogens with two attached hydrogens (primary N) is 1. The van der Waals surface area contributed by atoms with Gasteiger partial charge in [0.15, 0.2) is 0 Å². The summed E-state index contributed by atoms with van der Waals surface area (Å²) >= 11 is 0. The molecule has 0 radical (unpaired) electrons. The number of hydrogen-bond donors (Lipinski definition) is 1. The smallest absolute Gasteiger partial charge is 0.0555 e. The van der Waals surface area contributed by atoms with Gasteiger partial charge in [0.05, 0.1) is 5.71 Å². The highest BCUT2D eigenvalue weighted by Gasteiger charge is 2.10. The monoisotopic (exact) mass is 431 g/mol. The fourth-order valence-electron chi connectivity index (χ4n) is 3.39. The number of aliphatic imine (C=N–C) groups is 2. The zero-order valence-corrected chi connectivity index (χ0v) is 20.6. The van der Waals surface area contributed by atoms with Gasteiger partial charge in [-0.05, 0) is 49.8 Å². The van der Waals surface area contributed by atoms with Crippen molar-refractivity contribution in [3.05, 3.63) is 89.9 Å². The van der Waals surface area contributed by atoms with E-state index in [0.29, 0.717) is 5.92 Å². The summed E-state index contributed by atoms with van der Waals surface area (Å²) in [5.74, 6) is 0.386. The van der Waals surface area contributed by atoms with Gasteiger partial charge in [0.1, 0.15) is 0 Å². The number of rotatable bonds is 13. The van der Waals surface area contributed by atoms with Crippen LogP contribution in [-0.4, -0.2) is 11.9 Å². The molecule has 1 aromatic rings. The van der Waals surface area contributed by atoms with E-state index in [1.54, 1.807) is 6.20 Å². The molecule has 0 aliphatic carbocycles. The van der Waals surface area contributed by atoms with Crippen LogP contribution in [0.4, 0.5) is 0 Å². The zero-order chi connectivity index (χ0) is 23.8. The van der Waals surface area contributed by atoms with Crippen molar-refractivity contribution in [3.8, 4) is 0 Å². The van der Waals surface area contributed by atoms with E-state index in [1.807, 2.05) is 25.3 Å². The number of allylic oxidation sites excluding steroid dienone is 7. The van der Waals surface area contributed by atoms with Crippen LogP contribution in [0.5, 0.6) is 0 Å². The van der Waals surface area contributed by atoms with Gasteiger partial charge in [-0.15, -0.1) is 0 Å². The molecule has 0 aliphatic heterocycles. The number of hydrogen-bond acceptors (Lipinski definition) is 3. The molecule has 0 saturated heterocycles. The molecule has 1 aromatic carbocycles. The molecule has 0 saturated carbocycles. The van der Waals surface area contributed by atoms with E-state index in [0.717, 1.165) is 34.5 Å². The molecule has 3 heteroatoms. The largest absolute Gasteiger partial charge is 0.403 e. The molecule has 2 N–H and O–H groups in total. The second-order valence-corrected chi connectivity index (χ2v) is 8.30. The first kappa shape index (κ1) is 27.1. The van der Waals surface area contributed by atoms with E-state index in [-0.39, 0.29) is 0 Å². The third kappa shape index (κ3) is 10.9. The summed E-state index contributed by atoms with van der Waals surface area (Å²) in [6.45, 7) is 14.8. The SMILES string of the molecule is C=C(/C=C/C=C/C(C)=C(\N=C/C(C)=N\C=C\N)C(C)CCCCCC)c1cccc(C)c1. The van der Waals surface area contributed by atoms with Crippen molar-refractivity contribution in [2.45, 2.75) is 66.7 Å². The molecule has 0 heterocycles. The van der Waals surface area contributed by atoms with Crippen LogP contribution in [0.3, 0.4) is 0 Å². The van der Waals surface area contributed by atoms with E-state index >= 15 is 0 Å². The van der Waals surface area contributed by atoms with Gasteiger partial charge in [0, 0.05) is 24.3 Å². The molecule has 0 bridgehead atoms. The summed E-state index contributed by atoms with van der Waals surface area (Å²) in [6.07, 6.45) is 19.3. The average molecular weight is 432 g/mol. The van der Waals surface area contributed by atoms with Crippen LogP contribution in [0.1, 0.15) is 70.9 Å². The third-order valence-corrected chi connectivity index (χ3v) is 5.26. The van der Waals surface area contributed by atoms with Crippen LogP contribution in [0.25, 0.3) is 5.57 Å². The number of aryl methyl sites for hydroxylation is 1. The number of unbranched alkanes of at least 4 members (excludes halogenated alkanes) is 3. The molecule has 0 amide bonds. The summed E-state index contributed by atoms with van der Waals surface area (Å²) in [4.78, 5) is 9.05. The standard InChI is InChI=1S/C29H41N3/c1-7-8-9-10-16-25(4)29(32-22-27(6)31-20-19-30)26(5)17-12-11-15-24(3)28-18-13-14-23(2)21-28/h11-15,17-22,25H,3,7-10,16,30H2,1-2,4-6H3/b15-11+,17-12+,20-19+,29-26-,31-27-,32-22-. The molecule has 0 aromatic heterocycles. The van der Waals surface area contributed by atoms with E-state index in [9.17, 15) is 0 Å². The van der Waals surface area contributed by atoms with Crippen LogP contribution in [0, 0.1) is 12.8 Å². The summed E-state index contributed by atoms with van der Waals surface area (Å²) in [5.41, 5.74) is 11.9. The van der Waals surface area contributed by atoms with E-state index in [4.69, 9.17) is 10.7 Å².